The maximum absolute atomic E-state index is 13.0. The lowest BCUT2D eigenvalue weighted by molar-refractivity contribution is -0.150. The fourth-order valence-corrected chi connectivity index (χ4v) is 6.40. The van der Waals surface area contributed by atoms with E-state index in [-0.39, 0.29) is 18.6 Å². The second kappa shape index (κ2) is 28.0. The van der Waals surface area contributed by atoms with Gasteiger partial charge in [0, 0.05) is 18.8 Å². The van der Waals surface area contributed by atoms with Crippen LogP contribution in [0.3, 0.4) is 0 Å². The van der Waals surface area contributed by atoms with Crippen molar-refractivity contribution < 1.29 is 23.9 Å². The molecule has 0 fully saturated rings. The maximum atomic E-state index is 13.0. The van der Waals surface area contributed by atoms with Gasteiger partial charge in [0.05, 0.1) is 18.4 Å². The quantitative estimate of drug-likeness (QED) is 0.0343. The van der Waals surface area contributed by atoms with E-state index in [2.05, 4.69) is 6.92 Å². The number of ketones is 2. The number of hydrogen-bond donors (Lipinski definition) is 0. The highest BCUT2D eigenvalue weighted by Crippen LogP contribution is 2.26. The van der Waals surface area contributed by atoms with E-state index >= 15 is 0 Å². The molecule has 3 unspecified atom stereocenters. The molecule has 1 rings (SSSR count). The summed E-state index contributed by atoms with van der Waals surface area (Å²) in [6.07, 6.45) is 26.4. The third-order valence-corrected chi connectivity index (χ3v) is 9.48. The Morgan fingerprint density at radius 3 is 1.46 bits per heavy atom. The number of esters is 1. The van der Waals surface area contributed by atoms with Crippen LogP contribution in [0.5, 0.6) is 0 Å². The van der Waals surface area contributed by atoms with Gasteiger partial charge < -0.3 is 4.74 Å². The van der Waals surface area contributed by atoms with Crippen LogP contribution >= 0.6 is 11.6 Å². The van der Waals surface area contributed by atoms with Crippen molar-refractivity contribution in [1.29, 1.82) is 0 Å². The van der Waals surface area contributed by atoms with Gasteiger partial charge in [-0.3, -0.25) is 19.2 Å². The third kappa shape index (κ3) is 20.3. The van der Waals surface area contributed by atoms with Gasteiger partial charge >= 0.3 is 5.97 Å². The van der Waals surface area contributed by atoms with Crippen molar-refractivity contribution in [2.24, 2.45) is 11.8 Å². The van der Waals surface area contributed by atoms with Crippen molar-refractivity contribution in [1.82, 2.24) is 0 Å². The van der Waals surface area contributed by atoms with Gasteiger partial charge in [-0.2, -0.15) is 0 Å². The summed E-state index contributed by atoms with van der Waals surface area (Å²) in [4.78, 5) is 50.4. The van der Waals surface area contributed by atoms with E-state index in [4.69, 9.17) is 16.3 Å². The lowest BCUT2D eigenvalue weighted by Gasteiger charge is -2.18. The molecule has 46 heavy (non-hydrogen) atoms. The van der Waals surface area contributed by atoms with Gasteiger partial charge in [-0.1, -0.05) is 173 Å². The van der Waals surface area contributed by atoms with Crippen LogP contribution in [0.15, 0.2) is 30.3 Å². The molecule has 1 aromatic rings. The highest BCUT2D eigenvalue weighted by molar-refractivity contribution is 6.65. The molecule has 262 valence electrons. The molecule has 0 aliphatic heterocycles. The van der Waals surface area contributed by atoms with Crippen molar-refractivity contribution in [3.8, 4) is 0 Å². The Morgan fingerprint density at radius 1 is 0.609 bits per heavy atom. The van der Waals surface area contributed by atoms with Gasteiger partial charge in [0.1, 0.15) is 11.6 Å². The lowest BCUT2D eigenvalue weighted by atomic mass is 9.85. The summed E-state index contributed by atoms with van der Waals surface area (Å²) >= 11 is 5.74. The molecule has 0 N–H and O–H groups in total. The highest BCUT2D eigenvalue weighted by Gasteiger charge is 2.32. The molecule has 0 bridgehead atoms. The molecule has 0 aliphatic carbocycles. The molecule has 0 saturated heterocycles. The molecule has 0 aliphatic rings. The van der Waals surface area contributed by atoms with Crippen LogP contribution in [-0.2, 0) is 23.9 Å². The molecule has 0 saturated carbocycles. The minimum Gasteiger partial charge on any atom is -0.465 e. The van der Waals surface area contributed by atoms with Crippen LogP contribution in [0, 0.1) is 11.8 Å². The minimum atomic E-state index is -1.24. The van der Waals surface area contributed by atoms with Gasteiger partial charge in [-0.25, -0.2) is 0 Å². The zero-order valence-corrected chi connectivity index (χ0v) is 30.3. The fourth-order valence-electron chi connectivity index (χ4n) is 6.20. The van der Waals surface area contributed by atoms with E-state index in [1.165, 1.54) is 109 Å². The molecule has 5 nitrogen and oxygen atoms in total. The SMILES string of the molecule is CCCCCCCCCCCCCCCCCCCCCCOC(=O)C(C)CC(=O)C(CC(=O)C(CC)c1ccccc1)C(=O)Cl. The molecule has 6 heteroatoms. The number of carbonyl (C=O) groups is 4. The van der Waals surface area contributed by atoms with Crippen molar-refractivity contribution >= 4 is 34.4 Å². The van der Waals surface area contributed by atoms with E-state index in [0.29, 0.717) is 13.0 Å². The lowest BCUT2D eigenvalue weighted by Crippen LogP contribution is -2.29. The van der Waals surface area contributed by atoms with Crippen molar-refractivity contribution in [2.45, 2.75) is 174 Å². The van der Waals surface area contributed by atoms with Gasteiger partial charge in [-0.05, 0) is 30.0 Å². The molecule has 0 amide bonds. The Hall–Kier alpha value is -2.01. The monoisotopic (exact) mass is 660 g/mol. The smallest absolute Gasteiger partial charge is 0.309 e. The minimum absolute atomic E-state index is 0.170. The maximum Gasteiger partial charge on any atom is 0.309 e. The number of Topliss-reactive ketones (excluding diaryl/α,β-unsaturated/α-hetero) is 2. The van der Waals surface area contributed by atoms with Gasteiger partial charge in [0.25, 0.3) is 0 Å². The summed E-state index contributed by atoms with van der Waals surface area (Å²) in [5, 5.41) is -0.855. The van der Waals surface area contributed by atoms with Crippen LogP contribution in [0.25, 0.3) is 0 Å². The van der Waals surface area contributed by atoms with Crippen molar-refractivity contribution in [2.75, 3.05) is 6.61 Å². The predicted octanol–water partition coefficient (Wildman–Crippen LogP) is 11.5. The average Bonchev–Trinajstić information content (AvgIpc) is 3.04. The Labute approximate surface area is 286 Å². The number of ether oxygens (including phenoxy) is 1. The number of benzene rings is 1. The Morgan fingerprint density at radius 2 is 1.04 bits per heavy atom. The number of halogens is 1. The van der Waals surface area contributed by atoms with E-state index in [1.807, 2.05) is 37.3 Å². The molecule has 0 spiro atoms. The van der Waals surface area contributed by atoms with Crippen LogP contribution in [0.2, 0.25) is 0 Å². The zero-order chi connectivity index (χ0) is 33.8. The van der Waals surface area contributed by atoms with Crippen molar-refractivity contribution in [3.63, 3.8) is 0 Å². The zero-order valence-electron chi connectivity index (χ0n) is 29.5. The van der Waals surface area contributed by atoms with Crippen LogP contribution < -0.4 is 0 Å². The first-order chi connectivity index (χ1) is 22.3. The molecular formula is C40H65ClO5. The van der Waals surface area contributed by atoms with E-state index in [1.54, 1.807) is 6.92 Å². The summed E-state index contributed by atoms with van der Waals surface area (Å²) in [5.74, 6) is -3.47. The summed E-state index contributed by atoms with van der Waals surface area (Å²) in [6, 6.07) is 9.32. The Balaban J connectivity index is 2.07. The first kappa shape index (κ1) is 42.0. The van der Waals surface area contributed by atoms with E-state index < -0.39 is 34.7 Å². The van der Waals surface area contributed by atoms with Crippen LogP contribution in [0.4, 0.5) is 0 Å². The van der Waals surface area contributed by atoms with Crippen LogP contribution in [0.1, 0.15) is 180 Å². The molecule has 0 heterocycles. The Kier molecular flexibility index (Phi) is 25.6. The number of carbonyl (C=O) groups excluding carboxylic acids is 4. The fraction of sp³-hybridized carbons (Fsp3) is 0.750. The average molecular weight is 661 g/mol. The van der Waals surface area contributed by atoms with Gasteiger partial charge in [-0.15, -0.1) is 0 Å². The van der Waals surface area contributed by atoms with Gasteiger partial charge in [0.15, 0.2) is 0 Å². The largest absolute Gasteiger partial charge is 0.465 e. The Bertz CT molecular complexity index is 946. The number of hydrogen-bond acceptors (Lipinski definition) is 5. The molecule has 0 aromatic heterocycles. The summed E-state index contributed by atoms with van der Waals surface area (Å²) < 4.78 is 5.40. The standard InChI is InChI=1S/C40H65ClO5/c1-4-6-7-8-9-10-11-12-13-14-15-16-17-18-19-20-21-22-23-27-30-46-40(45)33(3)31-37(42)36(39(41)44)32-38(43)35(5-2)34-28-25-24-26-29-34/h24-26,28-29,33,35-36H,4-23,27,30-32H2,1-3H3. The first-order valence-electron chi connectivity index (χ1n) is 18.8. The molecule has 1 aromatic carbocycles. The third-order valence-electron chi connectivity index (χ3n) is 9.22. The first-order valence-corrected chi connectivity index (χ1v) is 19.2. The van der Waals surface area contributed by atoms with E-state index in [9.17, 15) is 19.2 Å². The van der Waals surface area contributed by atoms with Crippen LogP contribution in [-0.4, -0.2) is 29.4 Å². The predicted molar refractivity (Wildman–Crippen MR) is 191 cm³/mol. The number of rotatable bonds is 31. The summed E-state index contributed by atoms with van der Waals surface area (Å²) in [7, 11) is 0. The molecule has 3 atom stereocenters. The number of unbranched alkanes of at least 4 members (excludes halogenated alkanes) is 19. The summed E-state index contributed by atoms with van der Waals surface area (Å²) in [6.45, 7) is 6.13. The second-order valence-corrected chi connectivity index (χ2v) is 13.7. The van der Waals surface area contributed by atoms with E-state index in [0.717, 1.165) is 24.8 Å². The summed E-state index contributed by atoms with van der Waals surface area (Å²) in [5.41, 5.74) is 0.852. The molecular weight excluding hydrogens is 596 g/mol. The van der Waals surface area contributed by atoms with Crippen molar-refractivity contribution in [3.05, 3.63) is 35.9 Å². The molecule has 0 radical (unpaired) electrons. The normalized spacial score (nSPS) is 13.2. The second-order valence-electron chi connectivity index (χ2n) is 13.4. The highest BCUT2D eigenvalue weighted by atomic mass is 35.5. The topological polar surface area (TPSA) is 77.5 Å². The van der Waals surface area contributed by atoms with Gasteiger partial charge in [0.2, 0.25) is 5.24 Å².